The number of hydrogen-bond donors (Lipinski definition) is 0. The number of hydrazone groups is 1. The van der Waals surface area contributed by atoms with Crippen molar-refractivity contribution >= 4 is 39.7 Å². The number of benzene rings is 4. The largest absolute Gasteiger partial charge is 0.463 e. The Labute approximate surface area is 206 Å². The van der Waals surface area contributed by atoms with Crippen molar-refractivity contribution in [3.63, 3.8) is 0 Å². The average Bonchev–Trinajstić information content (AvgIpc) is 3.50. The van der Waals surface area contributed by atoms with Crippen LogP contribution >= 0.6 is 23.2 Å². The highest BCUT2D eigenvalue weighted by Crippen LogP contribution is 2.51. The Morgan fingerprint density at radius 2 is 1.71 bits per heavy atom. The summed E-state index contributed by atoms with van der Waals surface area (Å²) in [5.74, 6) is 2.07. The second-order valence-electron chi connectivity index (χ2n) is 8.60. The van der Waals surface area contributed by atoms with Gasteiger partial charge < -0.3 is 14.2 Å². The summed E-state index contributed by atoms with van der Waals surface area (Å²) in [5, 5.41) is 10.5. The molecule has 0 bridgehead atoms. The molecule has 0 fully saturated rings. The third-order valence-corrected chi connectivity index (χ3v) is 7.07. The topological polar surface area (TPSA) is 43.3 Å². The molecule has 0 radical (unpaired) electrons. The fraction of sp³-hybridized carbons (Fsp3) is 0.148. The summed E-state index contributed by atoms with van der Waals surface area (Å²) in [7, 11) is 0. The smallest absolute Gasteiger partial charge is 0.231 e. The van der Waals surface area contributed by atoms with Gasteiger partial charge in [-0.2, -0.15) is 5.10 Å². The standard InChI is InChI=1S/C27H18Cl2N2O3/c28-19-11-20-23-13-22(17-6-5-15-3-1-2-4-16(15)9-17)30-31(23)27(34-26(20)21(29)12-19)18-7-8-24-25(10-18)33-14-32-24/h1-12,23,27H,13-14H2/t23-,27+/m0/s1. The van der Waals surface area contributed by atoms with Crippen LogP contribution in [0.5, 0.6) is 17.2 Å². The lowest BCUT2D eigenvalue weighted by Gasteiger charge is -2.38. The fourth-order valence-electron chi connectivity index (χ4n) is 4.94. The minimum Gasteiger partial charge on any atom is -0.463 e. The monoisotopic (exact) mass is 488 g/mol. The van der Waals surface area contributed by atoms with Gasteiger partial charge in [0.05, 0.1) is 16.8 Å². The van der Waals surface area contributed by atoms with Crippen LogP contribution in [-0.2, 0) is 0 Å². The minimum atomic E-state index is -0.469. The van der Waals surface area contributed by atoms with Crippen molar-refractivity contribution in [3.8, 4) is 17.2 Å². The maximum Gasteiger partial charge on any atom is 0.231 e. The second-order valence-corrected chi connectivity index (χ2v) is 9.44. The summed E-state index contributed by atoms with van der Waals surface area (Å²) < 4.78 is 17.6. The second kappa shape index (κ2) is 7.55. The van der Waals surface area contributed by atoms with Gasteiger partial charge in [0.25, 0.3) is 0 Å². The zero-order valence-corrected chi connectivity index (χ0v) is 19.4. The van der Waals surface area contributed by atoms with E-state index in [1.807, 2.05) is 35.3 Å². The van der Waals surface area contributed by atoms with Gasteiger partial charge >= 0.3 is 0 Å². The highest BCUT2D eigenvalue weighted by molar-refractivity contribution is 6.35. The minimum absolute atomic E-state index is 0.0585. The first-order valence-electron chi connectivity index (χ1n) is 11.0. The molecule has 0 amide bonds. The SMILES string of the molecule is Clc1cc(Cl)c2c(c1)[C@@H]1CC(c3ccc4ccccc4c3)=NN1[C@@H](c1ccc3c(c1)OCO3)O2. The predicted octanol–water partition coefficient (Wildman–Crippen LogP) is 7.12. The quantitative estimate of drug-likeness (QED) is 0.301. The zero-order valence-electron chi connectivity index (χ0n) is 17.9. The van der Waals surface area contributed by atoms with Crippen LogP contribution in [0.4, 0.5) is 0 Å². The van der Waals surface area contributed by atoms with Crippen LogP contribution in [0.3, 0.4) is 0 Å². The molecule has 3 aliphatic heterocycles. The molecule has 0 aromatic heterocycles. The van der Waals surface area contributed by atoms with Gasteiger partial charge in [0.15, 0.2) is 11.5 Å². The summed E-state index contributed by atoms with van der Waals surface area (Å²) in [6.45, 7) is 0.216. The number of rotatable bonds is 2. The third kappa shape index (κ3) is 3.11. The van der Waals surface area contributed by atoms with E-state index in [0.29, 0.717) is 28.0 Å². The van der Waals surface area contributed by atoms with Gasteiger partial charge in [-0.25, -0.2) is 5.01 Å². The van der Waals surface area contributed by atoms with Crippen molar-refractivity contribution < 1.29 is 14.2 Å². The highest BCUT2D eigenvalue weighted by Gasteiger charge is 2.42. The molecule has 4 aromatic rings. The molecule has 34 heavy (non-hydrogen) atoms. The summed E-state index contributed by atoms with van der Waals surface area (Å²) in [5.41, 5.74) is 3.93. The lowest BCUT2D eigenvalue weighted by Crippen LogP contribution is -2.33. The van der Waals surface area contributed by atoms with E-state index < -0.39 is 6.23 Å². The lowest BCUT2D eigenvalue weighted by molar-refractivity contribution is -0.0190. The first-order chi connectivity index (χ1) is 16.6. The van der Waals surface area contributed by atoms with Gasteiger partial charge in [0.1, 0.15) is 5.75 Å². The molecule has 168 valence electrons. The predicted molar refractivity (Wildman–Crippen MR) is 132 cm³/mol. The first kappa shape index (κ1) is 20.0. The summed E-state index contributed by atoms with van der Waals surface area (Å²) in [6.07, 6.45) is 0.246. The normalized spacial score (nSPS) is 20.1. The molecule has 3 aliphatic rings. The Bertz CT molecular complexity index is 1500. The summed E-state index contributed by atoms with van der Waals surface area (Å²) >= 11 is 13.0. The molecule has 5 nitrogen and oxygen atoms in total. The van der Waals surface area contributed by atoms with E-state index in [0.717, 1.165) is 28.2 Å². The molecule has 7 heteroatoms. The number of nitrogens with zero attached hydrogens (tertiary/aromatic N) is 2. The Hall–Kier alpha value is -3.41. The van der Waals surface area contributed by atoms with Crippen molar-refractivity contribution in [3.05, 3.63) is 99.5 Å². The Morgan fingerprint density at radius 3 is 2.62 bits per heavy atom. The van der Waals surface area contributed by atoms with Crippen LogP contribution < -0.4 is 14.2 Å². The summed E-state index contributed by atoms with van der Waals surface area (Å²) in [6, 6.07) is 24.2. The average molecular weight is 489 g/mol. The highest BCUT2D eigenvalue weighted by atomic mass is 35.5. The van der Waals surface area contributed by atoms with Gasteiger partial charge in [-0.1, -0.05) is 59.6 Å². The van der Waals surface area contributed by atoms with Crippen LogP contribution in [0.1, 0.15) is 35.4 Å². The van der Waals surface area contributed by atoms with Crippen LogP contribution in [0.15, 0.2) is 77.9 Å². The van der Waals surface area contributed by atoms with Gasteiger partial charge in [0, 0.05) is 22.6 Å². The van der Waals surface area contributed by atoms with Crippen molar-refractivity contribution in [2.24, 2.45) is 5.10 Å². The van der Waals surface area contributed by atoms with Gasteiger partial charge in [-0.3, -0.25) is 0 Å². The molecule has 4 aromatic carbocycles. The number of halogens is 2. The molecule has 0 unspecified atom stereocenters. The van der Waals surface area contributed by atoms with E-state index in [4.69, 9.17) is 42.5 Å². The molecule has 0 aliphatic carbocycles. The Balaban J connectivity index is 1.35. The van der Waals surface area contributed by atoms with Crippen LogP contribution in [0.25, 0.3) is 10.8 Å². The van der Waals surface area contributed by atoms with Crippen LogP contribution in [0.2, 0.25) is 10.0 Å². The van der Waals surface area contributed by atoms with Gasteiger partial charge in [-0.05, 0) is 52.7 Å². The molecule has 2 atom stereocenters. The first-order valence-corrected chi connectivity index (χ1v) is 11.8. The van der Waals surface area contributed by atoms with E-state index in [9.17, 15) is 0 Å². The Morgan fingerprint density at radius 1 is 0.853 bits per heavy atom. The molecule has 0 spiro atoms. The van der Waals surface area contributed by atoms with Crippen molar-refractivity contribution in [2.45, 2.75) is 18.7 Å². The van der Waals surface area contributed by atoms with Crippen LogP contribution in [0, 0.1) is 0 Å². The number of hydrogen-bond acceptors (Lipinski definition) is 5. The van der Waals surface area contributed by atoms with Crippen molar-refractivity contribution in [1.29, 1.82) is 0 Å². The fourth-order valence-corrected chi connectivity index (χ4v) is 5.50. The Kier molecular flexibility index (Phi) is 4.44. The molecular weight excluding hydrogens is 471 g/mol. The van der Waals surface area contributed by atoms with E-state index in [1.165, 1.54) is 10.8 Å². The van der Waals surface area contributed by atoms with Gasteiger partial charge in [-0.15, -0.1) is 0 Å². The third-order valence-electron chi connectivity index (χ3n) is 6.57. The van der Waals surface area contributed by atoms with E-state index >= 15 is 0 Å². The van der Waals surface area contributed by atoms with Crippen molar-refractivity contribution in [2.75, 3.05) is 6.79 Å². The number of ether oxygens (including phenoxy) is 3. The maximum absolute atomic E-state index is 6.59. The molecular formula is C27H18Cl2N2O3. The van der Waals surface area contributed by atoms with E-state index in [-0.39, 0.29) is 12.8 Å². The van der Waals surface area contributed by atoms with Crippen molar-refractivity contribution in [1.82, 2.24) is 5.01 Å². The maximum atomic E-state index is 6.59. The summed E-state index contributed by atoms with van der Waals surface area (Å²) in [4.78, 5) is 0. The molecule has 0 saturated heterocycles. The van der Waals surface area contributed by atoms with E-state index in [1.54, 1.807) is 6.07 Å². The van der Waals surface area contributed by atoms with Gasteiger partial charge in [0.2, 0.25) is 13.0 Å². The zero-order chi connectivity index (χ0) is 22.8. The molecule has 0 saturated carbocycles. The lowest BCUT2D eigenvalue weighted by atomic mass is 9.95. The molecule has 3 heterocycles. The van der Waals surface area contributed by atoms with E-state index in [2.05, 4.69) is 36.4 Å². The number of fused-ring (bicyclic) bond motifs is 5. The molecule has 7 rings (SSSR count). The van der Waals surface area contributed by atoms with Crippen LogP contribution in [-0.4, -0.2) is 17.5 Å². The molecule has 0 N–H and O–H groups in total.